The standard InChI is InChI=1S/C26H42O9/c1-6-7-8-9-10-12-22(30)34-24-19(16-23(31)32-4)15-21(17-20(29)18-28)35-26(24,33-5)25(2,3)13-11-14-27/h11,13-14,16,20-21,24,28-29H,6-10,12,15,17-18H2,1-5H3/b13-11+,19-16+/t20?,21-,24-,26+/m0/s1. The summed E-state index contributed by atoms with van der Waals surface area (Å²) in [5.41, 5.74) is -0.626. The van der Waals surface area contributed by atoms with Crippen LogP contribution in [0.25, 0.3) is 0 Å². The van der Waals surface area contributed by atoms with Crippen LogP contribution < -0.4 is 0 Å². The second-order valence-corrected chi connectivity index (χ2v) is 9.38. The number of ether oxygens (including phenoxy) is 4. The van der Waals surface area contributed by atoms with Crippen LogP contribution in [0.2, 0.25) is 0 Å². The molecule has 1 unspecified atom stereocenters. The number of esters is 2. The molecule has 0 bridgehead atoms. The molecule has 1 fully saturated rings. The normalized spacial score (nSPS) is 24.9. The largest absolute Gasteiger partial charge is 0.466 e. The lowest BCUT2D eigenvalue weighted by molar-refractivity contribution is -0.338. The van der Waals surface area contributed by atoms with Gasteiger partial charge in [-0.2, -0.15) is 0 Å². The van der Waals surface area contributed by atoms with Crippen molar-refractivity contribution in [2.45, 2.75) is 96.2 Å². The van der Waals surface area contributed by atoms with Gasteiger partial charge in [0.2, 0.25) is 5.79 Å². The van der Waals surface area contributed by atoms with Gasteiger partial charge < -0.3 is 29.2 Å². The second kappa shape index (κ2) is 15.1. The van der Waals surface area contributed by atoms with Gasteiger partial charge in [-0.3, -0.25) is 9.59 Å². The molecule has 35 heavy (non-hydrogen) atoms. The van der Waals surface area contributed by atoms with Gasteiger partial charge in [-0.15, -0.1) is 0 Å². The maximum atomic E-state index is 12.9. The number of aliphatic hydroxyl groups is 2. The van der Waals surface area contributed by atoms with Crippen LogP contribution in [0.5, 0.6) is 0 Å². The molecule has 0 aromatic carbocycles. The number of hydrogen-bond donors (Lipinski definition) is 2. The average molecular weight is 499 g/mol. The van der Waals surface area contributed by atoms with Crippen molar-refractivity contribution < 1.29 is 43.5 Å². The van der Waals surface area contributed by atoms with Gasteiger partial charge in [0.25, 0.3) is 0 Å². The van der Waals surface area contributed by atoms with E-state index in [1.54, 1.807) is 19.9 Å². The summed E-state index contributed by atoms with van der Waals surface area (Å²) in [5, 5.41) is 19.4. The fourth-order valence-electron chi connectivity index (χ4n) is 4.34. The van der Waals surface area contributed by atoms with Crippen LogP contribution in [0.1, 0.15) is 72.1 Å². The highest BCUT2D eigenvalue weighted by Crippen LogP contribution is 2.48. The number of hydrogen-bond acceptors (Lipinski definition) is 9. The van der Waals surface area contributed by atoms with Crippen LogP contribution in [0.4, 0.5) is 0 Å². The van der Waals surface area contributed by atoms with E-state index >= 15 is 0 Å². The van der Waals surface area contributed by atoms with E-state index in [-0.39, 0.29) is 19.3 Å². The maximum Gasteiger partial charge on any atom is 0.330 e. The minimum atomic E-state index is -1.64. The fraction of sp³-hybridized carbons (Fsp3) is 0.731. The van der Waals surface area contributed by atoms with E-state index in [1.807, 2.05) is 0 Å². The van der Waals surface area contributed by atoms with Crippen molar-refractivity contribution in [3.8, 4) is 0 Å². The molecule has 9 heteroatoms. The van der Waals surface area contributed by atoms with Gasteiger partial charge in [0.15, 0.2) is 6.10 Å². The molecule has 1 heterocycles. The van der Waals surface area contributed by atoms with E-state index in [0.29, 0.717) is 18.3 Å². The molecule has 1 saturated heterocycles. The first kappa shape index (κ1) is 31.0. The first-order chi connectivity index (χ1) is 16.6. The van der Waals surface area contributed by atoms with E-state index in [4.69, 9.17) is 18.9 Å². The predicted octanol–water partition coefficient (Wildman–Crippen LogP) is 3.01. The number of carbonyl (C=O) groups excluding carboxylic acids is 3. The van der Waals surface area contributed by atoms with Crippen molar-refractivity contribution in [1.82, 2.24) is 0 Å². The van der Waals surface area contributed by atoms with Gasteiger partial charge in [-0.25, -0.2) is 4.79 Å². The third kappa shape index (κ3) is 8.83. The molecule has 0 radical (unpaired) electrons. The van der Waals surface area contributed by atoms with Crippen molar-refractivity contribution >= 4 is 18.2 Å². The highest BCUT2D eigenvalue weighted by Gasteiger charge is 2.59. The molecule has 0 spiro atoms. The van der Waals surface area contributed by atoms with E-state index in [2.05, 4.69) is 6.92 Å². The summed E-state index contributed by atoms with van der Waals surface area (Å²) in [6.07, 6.45) is 7.05. The zero-order valence-corrected chi connectivity index (χ0v) is 21.7. The lowest BCUT2D eigenvalue weighted by Gasteiger charge is -2.53. The molecule has 4 atom stereocenters. The van der Waals surface area contributed by atoms with Gasteiger partial charge in [0.1, 0.15) is 6.29 Å². The van der Waals surface area contributed by atoms with Crippen LogP contribution >= 0.6 is 0 Å². The molecule has 0 amide bonds. The molecule has 1 aliphatic heterocycles. The van der Waals surface area contributed by atoms with Crippen molar-refractivity contribution in [2.75, 3.05) is 20.8 Å². The quantitative estimate of drug-likeness (QED) is 0.151. The molecule has 9 nitrogen and oxygen atoms in total. The Morgan fingerprint density at radius 2 is 1.91 bits per heavy atom. The Kier molecular flexibility index (Phi) is 13.4. The summed E-state index contributed by atoms with van der Waals surface area (Å²) in [6, 6.07) is 0. The first-order valence-electron chi connectivity index (χ1n) is 12.2. The summed E-state index contributed by atoms with van der Waals surface area (Å²) < 4.78 is 23.0. The Bertz CT molecular complexity index is 743. The molecule has 1 rings (SSSR count). The lowest BCUT2D eigenvalue weighted by Crippen LogP contribution is -2.63. The number of unbranched alkanes of at least 4 members (excludes halogenated alkanes) is 4. The summed E-state index contributed by atoms with van der Waals surface area (Å²) in [5.74, 6) is -2.74. The third-order valence-electron chi connectivity index (χ3n) is 6.26. The van der Waals surface area contributed by atoms with E-state index in [0.717, 1.165) is 25.7 Å². The lowest BCUT2D eigenvalue weighted by atomic mass is 9.74. The van der Waals surface area contributed by atoms with Crippen LogP contribution in [-0.4, -0.2) is 73.4 Å². The molecule has 0 saturated carbocycles. The van der Waals surface area contributed by atoms with Gasteiger partial charge in [-0.05, 0) is 24.5 Å². The summed E-state index contributed by atoms with van der Waals surface area (Å²) in [4.78, 5) is 36.2. The minimum Gasteiger partial charge on any atom is -0.466 e. The summed E-state index contributed by atoms with van der Waals surface area (Å²) in [6.45, 7) is 5.15. The van der Waals surface area contributed by atoms with Crippen molar-refractivity contribution in [2.24, 2.45) is 5.41 Å². The Morgan fingerprint density at radius 3 is 2.49 bits per heavy atom. The average Bonchev–Trinajstić information content (AvgIpc) is 2.83. The smallest absolute Gasteiger partial charge is 0.330 e. The number of rotatable bonds is 15. The molecule has 0 aromatic heterocycles. The Morgan fingerprint density at radius 1 is 1.23 bits per heavy atom. The van der Waals surface area contributed by atoms with E-state index in [1.165, 1.54) is 26.4 Å². The highest BCUT2D eigenvalue weighted by atomic mass is 16.7. The summed E-state index contributed by atoms with van der Waals surface area (Å²) >= 11 is 0. The van der Waals surface area contributed by atoms with Crippen LogP contribution in [-0.2, 0) is 33.3 Å². The van der Waals surface area contributed by atoms with Crippen LogP contribution in [0.3, 0.4) is 0 Å². The van der Waals surface area contributed by atoms with Crippen LogP contribution in [0.15, 0.2) is 23.8 Å². The molecule has 0 aliphatic carbocycles. The number of aldehydes is 1. The summed E-state index contributed by atoms with van der Waals surface area (Å²) in [7, 11) is 2.63. The topological polar surface area (TPSA) is 129 Å². The number of allylic oxidation sites excluding steroid dienone is 1. The first-order valence-corrected chi connectivity index (χ1v) is 12.2. The maximum absolute atomic E-state index is 12.9. The van der Waals surface area contributed by atoms with Gasteiger partial charge in [0.05, 0.1) is 25.9 Å². The van der Waals surface area contributed by atoms with Crippen molar-refractivity contribution in [3.05, 3.63) is 23.8 Å². The number of carbonyl (C=O) groups is 3. The number of methoxy groups -OCH3 is 2. The highest BCUT2D eigenvalue weighted by molar-refractivity contribution is 5.83. The monoisotopic (exact) mass is 498 g/mol. The molecular formula is C26H42O9. The minimum absolute atomic E-state index is 0.0473. The Labute approximate surface area is 208 Å². The molecule has 2 N–H and O–H groups in total. The molecule has 1 aliphatic rings. The Hall–Kier alpha value is -2.07. The van der Waals surface area contributed by atoms with Gasteiger partial charge >= 0.3 is 11.9 Å². The Balaban J connectivity index is 3.44. The molecule has 200 valence electrons. The SMILES string of the molecule is CCCCCCCC(=O)O[C@H]1/C(=C/C(=O)OC)C[C@@H](CC(O)CO)O[C@@]1(OC)C(C)(C)/C=C/C=O. The van der Waals surface area contributed by atoms with E-state index < -0.39 is 48.1 Å². The predicted molar refractivity (Wildman–Crippen MR) is 129 cm³/mol. The van der Waals surface area contributed by atoms with Gasteiger partial charge in [-0.1, -0.05) is 52.5 Å². The zero-order valence-electron chi connectivity index (χ0n) is 21.7. The van der Waals surface area contributed by atoms with E-state index in [9.17, 15) is 24.6 Å². The second-order valence-electron chi connectivity index (χ2n) is 9.38. The zero-order chi connectivity index (χ0) is 26.5. The van der Waals surface area contributed by atoms with Crippen molar-refractivity contribution in [1.29, 1.82) is 0 Å². The third-order valence-corrected chi connectivity index (χ3v) is 6.26. The van der Waals surface area contributed by atoms with Crippen LogP contribution in [0, 0.1) is 5.41 Å². The molecule has 0 aromatic rings. The fourth-order valence-corrected chi connectivity index (χ4v) is 4.34. The van der Waals surface area contributed by atoms with Crippen molar-refractivity contribution in [3.63, 3.8) is 0 Å². The molecular weight excluding hydrogens is 456 g/mol. The number of aliphatic hydroxyl groups excluding tert-OH is 2. The van der Waals surface area contributed by atoms with Gasteiger partial charge in [0, 0.05) is 31.4 Å².